The van der Waals surface area contributed by atoms with Crippen LogP contribution >= 0.6 is 0 Å². The molecule has 1 aromatic heterocycles. The van der Waals surface area contributed by atoms with Crippen molar-refractivity contribution >= 4 is 10.8 Å². The van der Waals surface area contributed by atoms with E-state index in [0.29, 0.717) is 5.88 Å². The summed E-state index contributed by atoms with van der Waals surface area (Å²) in [5.41, 5.74) is 1.14. The highest BCUT2D eigenvalue weighted by atomic mass is 16.5. The summed E-state index contributed by atoms with van der Waals surface area (Å²) < 4.78 is 5.93. The summed E-state index contributed by atoms with van der Waals surface area (Å²) in [5.74, 6) is 1.44. The first-order chi connectivity index (χ1) is 10.3. The van der Waals surface area contributed by atoms with Crippen LogP contribution in [0.5, 0.6) is 11.6 Å². The highest BCUT2D eigenvalue weighted by Gasteiger charge is 2.06. The molecule has 3 rings (SSSR count). The lowest BCUT2D eigenvalue weighted by Crippen LogP contribution is -2.12. The SMILES string of the molecule is CNC(C)c1ccc(Oc2cccc3ccccc23)nc1. The van der Waals surface area contributed by atoms with Crippen LogP contribution < -0.4 is 10.1 Å². The maximum atomic E-state index is 5.93. The van der Waals surface area contributed by atoms with E-state index in [1.807, 2.05) is 49.6 Å². The Bertz CT molecular complexity index is 732. The molecule has 3 aromatic rings. The van der Waals surface area contributed by atoms with Crippen molar-refractivity contribution in [2.45, 2.75) is 13.0 Å². The lowest BCUT2D eigenvalue weighted by Gasteiger charge is -2.11. The van der Waals surface area contributed by atoms with Crippen LogP contribution in [0.2, 0.25) is 0 Å². The first-order valence-electron chi connectivity index (χ1n) is 7.07. The first kappa shape index (κ1) is 13.6. The van der Waals surface area contributed by atoms with Crippen LogP contribution in [0, 0.1) is 0 Å². The van der Waals surface area contributed by atoms with Gasteiger partial charge in [-0.1, -0.05) is 42.5 Å². The van der Waals surface area contributed by atoms with Gasteiger partial charge in [0.15, 0.2) is 0 Å². The van der Waals surface area contributed by atoms with E-state index >= 15 is 0 Å². The molecule has 0 radical (unpaired) electrons. The summed E-state index contributed by atoms with van der Waals surface area (Å²) in [7, 11) is 1.94. The lowest BCUT2D eigenvalue weighted by atomic mass is 10.1. The van der Waals surface area contributed by atoms with E-state index in [1.165, 1.54) is 0 Å². The van der Waals surface area contributed by atoms with Gasteiger partial charge in [0.05, 0.1) is 0 Å². The Morgan fingerprint density at radius 3 is 2.57 bits per heavy atom. The molecule has 0 aliphatic heterocycles. The number of aromatic nitrogens is 1. The van der Waals surface area contributed by atoms with E-state index in [0.717, 1.165) is 22.1 Å². The number of nitrogens with one attached hydrogen (secondary N) is 1. The van der Waals surface area contributed by atoms with Crippen molar-refractivity contribution in [2.24, 2.45) is 0 Å². The monoisotopic (exact) mass is 278 g/mol. The third-order valence-corrected chi connectivity index (χ3v) is 3.66. The molecule has 1 atom stereocenters. The smallest absolute Gasteiger partial charge is 0.219 e. The summed E-state index contributed by atoms with van der Waals surface area (Å²) in [5, 5.41) is 5.45. The molecule has 1 N–H and O–H groups in total. The minimum absolute atomic E-state index is 0.282. The van der Waals surface area contributed by atoms with Gasteiger partial charge in [-0.05, 0) is 31.0 Å². The van der Waals surface area contributed by atoms with Gasteiger partial charge in [0.25, 0.3) is 0 Å². The average molecular weight is 278 g/mol. The fraction of sp³-hybridized carbons (Fsp3) is 0.167. The van der Waals surface area contributed by atoms with Gasteiger partial charge in [-0.2, -0.15) is 0 Å². The van der Waals surface area contributed by atoms with Crippen molar-refractivity contribution in [3.63, 3.8) is 0 Å². The molecule has 1 unspecified atom stereocenters. The molecule has 1 heterocycles. The second kappa shape index (κ2) is 5.94. The van der Waals surface area contributed by atoms with E-state index in [4.69, 9.17) is 4.74 Å². The number of ether oxygens (including phenoxy) is 1. The molecule has 0 spiro atoms. The van der Waals surface area contributed by atoms with Crippen molar-refractivity contribution in [2.75, 3.05) is 7.05 Å². The maximum absolute atomic E-state index is 5.93. The highest BCUT2D eigenvalue weighted by Crippen LogP contribution is 2.29. The normalized spacial score (nSPS) is 12.3. The summed E-state index contributed by atoms with van der Waals surface area (Å²) in [4.78, 5) is 4.39. The first-order valence-corrected chi connectivity index (χ1v) is 7.07. The average Bonchev–Trinajstić information content (AvgIpc) is 2.55. The number of rotatable bonds is 4. The number of hydrogen-bond donors (Lipinski definition) is 1. The maximum Gasteiger partial charge on any atom is 0.219 e. The van der Waals surface area contributed by atoms with E-state index in [1.54, 1.807) is 0 Å². The molecule has 0 amide bonds. The van der Waals surface area contributed by atoms with Crippen LogP contribution in [0.3, 0.4) is 0 Å². The van der Waals surface area contributed by atoms with Crippen molar-refractivity contribution in [1.82, 2.24) is 10.3 Å². The van der Waals surface area contributed by atoms with Crippen LogP contribution in [0.25, 0.3) is 10.8 Å². The Balaban J connectivity index is 1.88. The second-order valence-electron chi connectivity index (χ2n) is 5.02. The predicted octanol–water partition coefficient (Wildman–Crippen LogP) is 4.31. The molecule has 3 heteroatoms. The molecule has 0 saturated heterocycles. The summed E-state index contributed by atoms with van der Waals surface area (Å²) in [6, 6.07) is 18.4. The topological polar surface area (TPSA) is 34.1 Å². The minimum atomic E-state index is 0.282. The van der Waals surface area contributed by atoms with E-state index in [9.17, 15) is 0 Å². The zero-order chi connectivity index (χ0) is 14.7. The Morgan fingerprint density at radius 2 is 1.81 bits per heavy atom. The van der Waals surface area contributed by atoms with Gasteiger partial charge in [0.1, 0.15) is 5.75 Å². The van der Waals surface area contributed by atoms with Crippen molar-refractivity contribution in [1.29, 1.82) is 0 Å². The summed E-state index contributed by atoms with van der Waals surface area (Å²) >= 11 is 0. The largest absolute Gasteiger partial charge is 0.438 e. The van der Waals surface area contributed by atoms with Crippen molar-refractivity contribution < 1.29 is 4.74 Å². The molecule has 3 nitrogen and oxygen atoms in total. The van der Waals surface area contributed by atoms with Crippen LogP contribution in [-0.4, -0.2) is 12.0 Å². The minimum Gasteiger partial charge on any atom is -0.438 e. The van der Waals surface area contributed by atoms with Crippen molar-refractivity contribution in [3.05, 3.63) is 66.4 Å². The number of pyridine rings is 1. The Morgan fingerprint density at radius 1 is 1.00 bits per heavy atom. The number of benzene rings is 2. The van der Waals surface area contributed by atoms with Crippen molar-refractivity contribution in [3.8, 4) is 11.6 Å². The lowest BCUT2D eigenvalue weighted by molar-refractivity contribution is 0.467. The molecule has 0 saturated carbocycles. The van der Waals surface area contributed by atoms with Gasteiger partial charge < -0.3 is 10.1 Å². The third-order valence-electron chi connectivity index (χ3n) is 3.66. The molecule has 0 aliphatic carbocycles. The molecule has 21 heavy (non-hydrogen) atoms. The van der Waals surface area contributed by atoms with Gasteiger partial charge in [-0.25, -0.2) is 4.98 Å². The van der Waals surface area contributed by atoms with Gasteiger partial charge in [-0.15, -0.1) is 0 Å². The molecular weight excluding hydrogens is 260 g/mol. The zero-order valence-corrected chi connectivity index (χ0v) is 12.2. The Labute approximate surface area is 124 Å². The standard InChI is InChI=1S/C18H18N2O/c1-13(19-2)15-10-11-18(20-12-15)21-17-9-5-7-14-6-3-4-8-16(14)17/h3-13,19H,1-2H3. The van der Waals surface area contributed by atoms with Crippen LogP contribution in [-0.2, 0) is 0 Å². The Hall–Kier alpha value is -2.39. The molecule has 0 bridgehead atoms. The summed E-state index contributed by atoms with van der Waals surface area (Å²) in [6.07, 6.45) is 1.85. The van der Waals surface area contributed by atoms with Crippen LogP contribution in [0.15, 0.2) is 60.8 Å². The second-order valence-corrected chi connectivity index (χ2v) is 5.02. The van der Waals surface area contributed by atoms with E-state index in [-0.39, 0.29) is 6.04 Å². The quantitative estimate of drug-likeness (QED) is 0.772. The van der Waals surface area contributed by atoms with Gasteiger partial charge in [0, 0.05) is 23.7 Å². The summed E-state index contributed by atoms with van der Waals surface area (Å²) in [6.45, 7) is 2.10. The van der Waals surface area contributed by atoms with Crippen LogP contribution in [0.1, 0.15) is 18.5 Å². The zero-order valence-electron chi connectivity index (χ0n) is 12.2. The molecular formula is C18H18N2O. The molecule has 0 aliphatic rings. The fourth-order valence-corrected chi connectivity index (χ4v) is 2.27. The molecule has 2 aromatic carbocycles. The third kappa shape index (κ3) is 2.88. The van der Waals surface area contributed by atoms with Gasteiger partial charge >= 0.3 is 0 Å². The van der Waals surface area contributed by atoms with Gasteiger partial charge in [0.2, 0.25) is 5.88 Å². The van der Waals surface area contributed by atoms with Crippen LogP contribution in [0.4, 0.5) is 0 Å². The molecule has 0 fully saturated rings. The van der Waals surface area contributed by atoms with E-state index < -0.39 is 0 Å². The highest BCUT2D eigenvalue weighted by molar-refractivity contribution is 5.88. The number of nitrogens with zero attached hydrogens (tertiary/aromatic N) is 1. The number of hydrogen-bond acceptors (Lipinski definition) is 3. The Kier molecular flexibility index (Phi) is 3.84. The fourth-order valence-electron chi connectivity index (χ4n) is 2.27. The number of fused-ring (bicyclic) bond motifs is 1. The van der Waals surface area contributed by atoms with Gasteiger partial charge in [-0.3, -0.25) is 0 Å². The molecule has 106 valence electrons. The van der Waals surface area contributed by atoms with E-state index in [2.05, 4.69) is 35.4 Å². The predicted molar refractivity (Wildman–Crippen MR) is 85.7 cm³/mol.